The third-order valence-corrected chi connectivity index (χ3v) is 5.60. The van der Waals surface area contributed by atoms with Gasteiger partial charge in [0.05, 0.1) is 0 Å². The highest BCUT2D eigenvalue weighted by Crippen LogP contribution is 2.38. The zero-order valence-corrected chi connectivity index (χ0v) is 12.7. The largest absolute Gasteiger partial charge is 0.255 e. The lowest BCUT2D eigenvalue weighted by molar-refractivity contribution is 0.204. The number of hydrogen-bond donors (Lipinski definition) is 4. The molecule has 6 atom stereocenters. The van der Waals surface area contributed by atoms with Gasteiger partial charge in [0, 0.05) is 24.2 Å². The van der Waals surface area contributed by atoms with Gasteiger partial charge in [0.25, 0.3) is 0 Å². The van der Waals surface area contributed by atoms with Crippen molar-refractivity contribution >= 4 is 0 Å². The van der Waals surface area contributed by atoms with Gasteiger partial charge in [-0.1, -0.05) is 6.08 Å². The Hall–Kier alpha value is -0.420. The van der Waals surface area contributed by atoms with E-state index in [2.05, 4.69) is 35.2 Å². The van der Waals surface area contributed by atoms with E-state index in [9.17, 15) is 0 Å². The van der Waals surface area contributed by atoms with Crippen molar-refractivity contribution in [1.29, 1.82) is 0 Å². The van der Waals surface area contributed by atoms with E-state index in [1.165, 1.54) is 44.9 Å². The maximum Gasteiger partial charge on any atom is 0.0390 e. The van der Waals surface area contributed by atoms with Gasteiger partial charge in [-0.05, 0) is 63.7 Å². The van der Waals surface area contributed by atoms with Crippen molar-refractivity contribution in [2.24, 2.45) is 11.8 Å². The van der Waals surface area contributed by atoms with E-state index in [-0.39, 0.29) is 0 Å². The first-order valence-electron chi connectivity index (χ1n) is 8.41. The summed E-state index contributed by atoms with van der Waals surface area (Å²) in [5, 5.41) is 0. The zero-order chi connectivity index (χ0) is 13.9. The number of nitrogens with one attached hydrogen (secondary N) is 4. The fourth-order valence-corrected chi connectivity index (χ4v) is 4.21. The molecule has 4 nitrogen and oxygen atoms in total. The van der Waals surface area contributed by atoms with Crippen LogP contribution in [-0.2, 0) is 0 Å². The van der Waals surface area contributed by atoms with Crippen molar-refractivity contribution in [1.82, 2.24) is 21.7 Å². The summed E-state index contributed by atoms with van der Waals surface area (Å²) in [4.78, 5) is 0. The Balaban J connectivity index is 1.46. The normalized spacial score (nSPS) is 46.2. The highest BCUT2D eigenvalue weighted by atomic mass is 15.4. The van der Waals surface area contributed by atoms with Crippen LogP contribution in [0.5, 0.6) is 0 Å². The summed E-state index contributed by atoms with van der Waals surface area (Å²) in [6.45, 7) is 6.13. The predicted molar refractivity (Wildman–Crippen MR) is 82.9 cm³/mol. The number of rotatable bonds is 3. The minimum absolute atomic E-state index is 0.453. The monoisotopic (exact) mass is 278 g/mol. The van der Waals surface area contributed by atoms with E-state index in [0.717, 1.165) is 11.8 Å². The Kier molecular flexibility index (Phi) is 4.76. The second-order valence-corrected chi connectivity index (χ2v) is 7.02. The summed E-state index contributed by atoms with van der Waals surface area (Å²) in [6.07, 6.45) is 11.3. The average molecular weight is 278 g/mol. The second-order valence-electron chi connectivity index (χ2n) is 7.02. The van der Waals surface area contributed by atoms with Gasteiger partial charge >= 0.3 is 0 Å². The Morgan fingerprint density at radius 2 is 1.45 bits per heavy atom. The smallest absolute Gasteiger partial charge is 0.0390 e. The van der Waals surface area contributed by atoms with Gasteiger partial charge in [-0.15, -0.1) is 6.58 Å². The predicted octanol–water partition coefficient (Wildman–Crippen LogP) is 1.86. The third-order valence-electron chi connectivity index (χ3n) is 5.60. The summed E-state index contributed by atoms with van der Waals surface area (Å²) in [5.74, 6) is 1.71. The zero-order valence-electron chi connectivity index (χ0n) is 12.7. The van der Waals surface area contributed by atoms with E-state index in [1.54, 1.807) is 0 Å². The van der Waals surface area contributed by atoms with Crippen LogP contribution >= 0.6 is 0 Å². The van der Waals surface area contributed by atoms with Gasteiger partial charge in [0.15, 0.2) is 0 Å². The highest BCUT2D eigenvalue weighted by Gasteiger charge is 2.36. The van der Waals surface area contributed by atoms with E-state index in [0.29, 0.717) is 24.2 Å². The first-order chi connectivity index (χ1) is 9.76. The quantitative estimate of drug-likeness (QED) is 0.595. The summed E-state index contributed by atoms with van der Waals surface area (Å²) < 4.78 is 0. The average Bonchev–Trinajstić information content (AvgIpc) is 2.98. The molecular formula is C16H30N4. The van der Waals surface area contributed by atoms with Gasteiger partial charge < -0.3 is 0 Å². The Bertz CT molecular complexity index is 316. The second kappa shape index (κ2) is 6.56. The molecule has 0 bridgehead atoms. The van der Waals surface area contributed by atoms with Gasteiger partial charge in [0.1, 0.15) is 0 Å². The lowest BCUT2D eigenvalue weighted by Gasteiger charge is -2.35. The van der Waals surface area contributed by atoms with Crippen LogP contribution in [0.2, 0.25) is 0 Å². The molecule has 1 saturated carbocycles. The molecule has 2 aliphatic heterocycles. The summed E-state index contributed by atoms with van der Waals surface area (Å²) >= 11 is 0. The summed E-state index contributed by atoms with van der Waals surface area (Å²) in [6, 6.07) is 2.43. The molecule has 3 fully saturated rings. The Labute approximate surface area is 123 Å². The lowest BCUT2D eigenvalue weighted by Crippen LogP contribution is -2.54. The Morgan fingerprint density at radius 3 is 1.95 bits per heavy atom. The molecule has 1 aliphatic carbocycles. The molecule has 0 amide bonds. The minimum atomic E-state index is 0.453. The molecule has 20 heavy (non-hydrogen) atoms. The molecule has 114 valence electrons. The maximum atomic E-state index is 3.87. The Morgan fingerprint density at radius 1 is 0.800 bits per heavy atom. The number of hydrazine groups is 2. The van der Waals surface area contributed by atoms with Crippen LogP contribution in [0.1, 0.15) is 51.9 Å². The van der Waals surface area contributed by atoms with Crippen LogP contribution in [0, 0.1) is 11.8 Å². The van der Waals surface area contributed by atoms with Gasteiger partial charge in [-0.2, -0.15) is 0 Å². The highest BCUT2D eigenvalue weighted by molar-refractivity contribution is 4.95. The van der Waals surface area contributed by atoms with Crippen LogP contribution in [0.3, 0.4) is 0 Å². The van der Waals surface area contributed by atoms with E-state index < -0.39 is 0 Å². The van der Waals surface area contributed by atoms with Crippen molar-refractivity contribution < 1.29 is 0 Å². The first-order valence-corrected chi connectivity index (χ1v) is 8.41. The molecule has 0 aromatic carbocycles. The fraction of sp³-hybridized carbons (Fsp3) is 0.875. The molecular weight excluding hydrogens is 248 g/mol. The van der Waals surface area contributed by atoms with Crippen LogP contribution in [0.4, 0.5) is 0 Å². The van der Waals surface area contributed by atoms with Crippen molar-refractivity contribution in [3.63, 3.8) is 0 Å². The fourth-order valence-electron chi connectivity index (χ4n) is 4.21. The van der Waals surface area contributed by atoms with Crippen molar-refractivity contribution in [3.05, 3.63) is 12.7 Å². The molecule has 4 heteroatoms. The summed E-state index contributed by atoms with van der Waals surface area (Å²) in [7, 11) is 0. The molecule has 4 unspecified atom stereocenters. The van der Waals surface area contributed by atoms with Gasteiger partial charge in [-0.25, -0.2) is 0 Å². The van der Waals surface area contributed by atoms with Crippen LogP contribution in [0.25, 0.3) is 0 Å². The lowest BCUT2D eigenvalue weighted by atomic mass is 9.87. The minimum Gasteiger partial charge on any atom is -0.255 e. The molecule has 3 aliphatic rings. The van der Waals surface area contributed by atoms with E-state index in [4.69, 9.17) is 0 Å². The molecule has 4 N–H and O–H groups in total. The van der Waals surface area contributed by atoms with Gasteiger partial charge in [0.2, 0.25) is 0 Å². The summed E-state index contributed by atoms with van der Waals surface area (Å²) in [5.41, 5.74) is 13.9. The molecule has 0 radical (unpaired) electrons. The van der Waals surface area contributed by atoms with Gasteiger partial charge in [-0.3, -0.25) is 21.7 Å². The molecule has 3 rings (SSSR count). The molecule has 0 spiro atoms. The van der Waals surface area contributed by atoms with Crippen molar-refractivity contribution in [3.8, 4) is 0 Å². The SMILES string of the molecule is C=CC1CCC([C@H]2CC[C@@H](C3CCC(C)NN3)C2)NN1. The van der Waals surface area contributed by atoms with Crippen molar-refractivity contribution in [2.45, 2.75) is 76.0 Å². The molecule has 0 aromatic heterocycles. The third kappa shape index (κ3) is 3.25. The first kappa shape index (κ1) is 14.5. The molecule has 2 saturated heterocycles. The number of hydrogen-bond acceptors (Lipinski definition) is 4. The van der Waals surface area contributed by atoms with E-state index >= 15 is 0 Å². The maximum absolute atomic E-state index is 3.87. The van der Waals surface area contributed by atoms with Crippen molar-refractivity contribution in [2.75, 3.05) is 0 Å². The molecule has 0 aromatic rings. The van der Waals surface area contributed by atoms with Crippen LogP contribution in [-0.4, -0.2) is 24.2 Å². The standard InChI is InChI=1S/C16H30N4/c1-3-14-7-9-16(20-18-14)13-6-5-12(10-13)15-8-4-11(2)17-19-15/h3,11-20H,1,4-10H2,2H3/t11?,12-,13+,14?,15?,16?/m1/s1. The van der Waals surface area contributed by atoms with Crippen LogP contribution < -0.4 is 21.7 Å². The van der Waals surface area contributed by atoms with Crippen LogP contribution in [0.15, 0.2) is 12.7 Å². The van der Waals surface area contributed by atoms with E-state index in [1.807, 2.05) is 6.08 Å². The topological polar surface area (TPSA) is 48.1 Å². The molecule has 2 heterocycles.